The van der Waals surface area contributed by atoms with Gasteiger partial charge in [-0.25, -0.2) is 4.79 Å². The Morgan fingerprint density at radius 3 is 2.70 bits per heavy atom. The number of rotatable bonds is 5. The number of thiocarbonyl (C=S) groups is 1. The van der Waals surface area contributed by atoms with E-state index in [1.165, 1.54) is 28.8 Å². The molecule has 7 nitrogen and oxygen atoms in total. The van der Waals surface area contributed by atoms with E-state index in [-0.39, 0.29) is 23.9 Å². The predicted molar refractivity (Wildman–Crippen MR) is 120 cm³/mol. The highest BCUT2D eigenvalue weighted by Gasteiger charge is 2.33. The summed E-state index contributed by atoms with van der Waals surface area (Å²) < 4.78 is 6.96. The summed E-state index contributed by atoms with van der Waals surface area (Å²) in [7, 11) is 0. The lowest BCUT2D eigenvalue weighted by Crippen LogP contribution is -2.27. The molecule has 1 aliphatic rings. The Bertz CT molecular complexity index is 1190. The maximum atomic E-state index is 12.8. The molecule has 0 spiro atoms. The van der Waals surface area contributed by atoms with Gasteiger partial charge in [0.2, 0.25) is 11.8 Å². The number of carboxylic acid groups (broad SMARTS) is 1. The first-order valence-corrected chi connectivity index (χ1v) is 10.6. The second kappa shape index (κ2) is 8.50. The van der Waals surface area contributed by atoms with Gasteiger partial charge in [-0.2, -0.15) is 0 Å². The van der Waals surface area contributed by atoms with Gasteiger partial charge in [-0.05, 0) is 42.0 Å². The van der Waals surface area contributed by atoms with E-state index < -0.39 is 5.97 Å². The largest absolute Gasteiger partial charge is 0.478 e. The normalized spacial score (nSPS) is 15.2. The fourth-order valence-electron chi connectivity index (χ4n) is 2.70. The summed E-state index contributed by atoms with van der Waals surface area (Å²) in [5.74, 6) is -0.650. The van der Waals surface area contributed by atoms with Crippen LogP contribution in [0.5, 0.6) is 0 Å². The number of carbonyl (C=O) groups is 2. The van der Waals surface area contributed by atoms with Crippen LogP contribution in [-0.4, -0.2) is 36.4 Å². The summed E-state index contributed by atoms with van der Waals surface area (Å²) in [6, 6.07) is 13.7. The average Bonchev–Trinajstić information content (AvgIpc) is 3.29. The lowest BCUT2D eigenvalue weighted by molar-refractivity contribution is -0.122. The first kappa shape index (κ1) is 20.5. The van der Waals surface area contributed by atoms with Gasteiger partial charge in [-0.3, -0.25) is 9.69 Å². The summed E-state index contributed by atoms with van der Waals surface area (Å²) in [6.07, 6.45) is 1.67. The number of hydrogen-bond acceptors (Lipinski definition) is 7. The molecule has 30 heavy (non-hydrogen) atoms. The molecule has 1 amide bonds. The SMILES string of the molecule is O=C(O)c1ccc(/C=C2\SC(=S)N(Cc3nnc(-c4cccc(Br)c4)o3)C2=O)cc1. The average molecular weight is 502 g/mol. The Hall–Kier alpha value is -2.82. The van der Waals surface area contributed by atoms with Gasteiger partial charge in [0.1, 0.15) is 10.9 Å². The van der Waals surface area contributed by atoms with E-state index in [0.29, 0.717) is 20.7 Å². The number of nitrogens with zero attached hydrogens (tertiary/aromatic N) is 3. The van der Waals surface area contributed by atoms with Gasteiger partial charge in [0.05, 0.1) is 10.5 Å². The van der Waals surface area contributed by atoms with Crippen LogP contribution in [0.2, 0.25) is 0 Å². The number of amides is 1. The van der Waals surface area contributed by atoms with Gasteiger partial charge in [0, 0.05) is 10.0 Å². The second-order valence-electron chi connectivity index (χ2n) is 6.21. The quantitative estimate of drug-likeness (QED) is 0.400. The van der Waals surface area contributed by atoms with E-state index >= 15 is 0 Å². The molecule has 2 heterocycles. The minimum atomic E-state index is -1.00. The lowest BCUT2D eigenvalue weighted by atomic mass is 10.1. The van der Waals surface area contributed by atoms with Crippen molar-refractivity contribution in [2.24, 2.45) is 0 Å². The molecule has 1 saturated heterocycles. The van der Waals surface area contributed by atoms with Crippen molar-refractivity contribution >= 4 is 62.2 Å². The highest BCUT2D eigenvalue weighted by molar-refractivity contribution is 9.10. The minimum absolute atomic E-state index is 0.0704. The molecule has 1 aliphatic heterocycles. The number of aromatic carboxylic acids is 1. The zero-order valence-corrected chi connectivity index (χ0v) is 18.3. The number of hydrogen-bond donors (Lipinski definition) is 1. The van der Waals surface area contributed by atoms with Crippen molar-refractivity contribution in [3.05, 3.63) is 74.9 Å². The molecule has 2 aromatic carbocycles. The van der Waals surface area contributed by atoms with Crippen molar-refractivity contribution in [2.45, 2.75) is 6.54 Å². The minimum Gasteiger partial charge on any atom is -0.478 e. The fraction of sp³-hybridized carbons (Fsp3) is 0.0500. The van der Waals surface area contributed by atoms with E-state index in [0.717, 1.165) is 10.0 Å². The smallest absolute Gasteiger partial charge is 0.335 e. The molecule has 1 aromatic heterocycles. The summed E-state index contributed by atoms with van der Waals surface area (Å²) in [5, 5.41) is 17.0. The third kappa shape index (κ3) is 4.35. The monoisotopic (exact) mass is 501 g/mol. The maximum absolute atomic E-state index is 12.8. The van der Waals surface area contributed by atoms with Gasteiger partial charge in [-0.1, -0.05) is 58.1 Å². The Morgan fingerprint density at radius 2 is 2.00 bits per heavy atom. The third-order valence-corrected chi connectivity index (χ3v) is 6.03. The first-order chi connectivity index (χ1) is 14.4. The molecular weight excluding hydrogens is 490 g/mol. The van der Waals surface area contributed by atoms with Crippen LogP contribution < -0.4 is 0 Å². The molecule has 0 aliphatic carbocycles. The molecule has 3 aromatic rings. The number of benzene rings is 2. The number of halogens is 1. The Morgan fingerprint density at radius 1 is 1.23 bits per heavy atom. The maximum Gasteiger partial charge on any atom is 0.335 e. The molecular formula is C20H12BrN3O4S2. The van der Waals surface area contributed by atoms with E-state index in [4.69, 9.17) is 21.7 Å². The molecule has 1 fully saturated rings. The van der Waals surface area contributed by atoms with Gasteiger partial charge in [-0.15, -0.1) is 10.2 Å². The van der Waals surface area contributed by atoms with Crippen LogP contribution in [0, 0.1) is 0 Å². The Labute approximate surface area is 188 Å². The molecule has 0 saturated carbocycles. The first-order valence-electron chi connectivity index (χ1n) is 8.58. The summed E-state index contributed by atoms with van der Waals surface area (Å²) >= 11 is 9.90. The van der Waals surface area contributed by atoms with Crippen molar-refractivity contribution in [3.63, 3.8) is 0 Å². The molecule has 10 heteroatoms. The Balaban J connectivity index is 1.50. The van der Waals surface area contributed by atoms with Crippen LogP contribution in [-0.2, 0) is 11.3 Å². The zero-order chi connectivity index (χ0) is 21.3. The van der Waals surface area contributed by atoms with Crippen molar-refractivity contribution in [3.8, 4) is 11.5 Å². The summed E-state index contributed by atoms with van der Waals surface area (Å²) in [5.41, 5.74) is 1.64. The van der Waals surface area contributed by atoms with E-state index in [2.05, 4.69) is 26.1 Å². The van der Waals surface area contributed by atoms with Gasteiger partial charge >= 0.3 is 5.97 Å². The van der Waals surface area contributed by atoms with Gasteiger partial charge in [0.15, 0.2) is 0 Å². The molecule has 0 atom stereocenters. The summed E-state index contributed by atoms with van der Waals surface area (Å²) in [4.78, 5) is 25.6. The van der Waals surface area contributed by atoms with E-state index in [1.54, 1.807) is 18.2 Å². The number of thioether (sulfide) groups is 1. The molecule has 0 radical (unpaired) electrons. The van der Waals surface area contributed by atoms with Crippen LogP contribution >= 0.6 is 39.9 Å². The second-order valence-corrected chi connectivity index (χ2v) is 8.80. The highest BCUT2D eigenvalue weighted by atomic mass is 79.9. The van der Waals surface area contributed by atoms with Crippen LogP contribution in [0.3, 0.4) is 0 Å². The standard InChI is InChI=1S/C20H12BrN3O4S2/c21-14-3-1-2-13(9-14)17-23-22-16(28-17)10-24-18(25)15(30-20(24)29)8-11-4-6-12(7-5-11)19(26)27/h1-9H,10H2,(H,26,27)/b15-8-. The molecule has 150 valence electrons. The topological polar surface area (TPSA) is 96.5 Å². The van der Waals surface area contributed by atoms with Crippen molar-refractivity contribution in [2.75, 3.05) is 0 Å². The Kier molecular flexibility index (Phi) is 5.80. The van der Waals surface area contributed by atoms with Crippen molar-refractivity contribution in [1.82, 2.24) is 15.1 Å². The van der Waals surface area contributed by atoms with Crippen LogP contribution in [0.25, 0.3) is 17.5 Å². The predicted octanol–water partition coefficient (Wildman–Crippen LogP) is 4.60. The van der Waals surface area contributed by atoms with Crippen LogP contribution in [0.1, 0.15) is 21.8 Å². The van der Waals surface area contributed by atoms with E-state index in [1.807, 2.05) is 24.3 Å². The van der Waals surface area contributed by atoms with Crippen LogP contribution in [0.4, 0.5) is 0 Å². The van der Waals surface area contributed by atoms with Gasteiger partial charge < -0.3 is 9.52 Å². The van der Waals surface area contributed by atoms with E-state index in [9.17, 15) is 9.59 Å². The number of carboxylic acids is 1. The molecule has 4 rings (SSSR count). The third-order valence-electron chi connectivity index (χ3n) is 4.16. The number of carbonyl (C=O) groups excluding carboxylic acids is 1. The lowest BCUT2D eigenvalue weighted by Gasteiger charge is -2.10. The zero-order valence-electron chi connectivity index (χ0n) is 15.1. The molecule has 0 unspecified atom stereocenters. The fourth-order valence-corrected chi connectivity index (χ4v) is 4.35. The molecule has 0 bridgehead atoms. The molecule has 1 N–H and O–H groups in total. The summed E-state index contributed by atoms with van der Waals surface area (Å²) in [6.45, 7) is 0.0704. The van der Waals surface area contributed by atoms with Crippen LogP contribution in [0.15, 0.2) is 62.3 Å². The number of aromatic nitrogens is 2. The van der Waals surface area contributed by atoms with Gasteiger partial charge in [0.25, 0.3) is 5.91 Å². The van der Waals surface area contributed by atoms with Crippen molar-refractivity contribution < 1.29 is 19.1 Å². The highest BCUT2D eigenvalue weighted by Crippen LogP contribution is 2.34. The van der Waals surface area contributed by atoms with Crippen molar-refractivity contribution in [1.29, 1.82) is 0 Å².